The van der Waals surface area contributed by atoms with E-state index in [0.717, 1.165) is 10.9 Å². The summed E-state index contributed by atoms with van der Waals surface area (Å²) < 4.78 is 26.1. The number of carbonyl (C=O) groups is 1. The Labute approximate surface area is 185 Å². The van der Waals surface area contributed by atoms with Crippen LogP contribution in [0.1, 0.15) is 23.7 Å². The van der Waals surface area contributed by atoms with E-state index < -0.39 is 0 Å². The van der Waals surface area contributed by atoms with Gasteiger partial charge >= 0.3 is 5.97 Å². The average molecular weight is 433 g/mol. The minimum Gasteiger partial charge on any atom is -0.487 e. The van der Waals surface area contributed by atoms with Crippen LogP contribution in [0.3, 0.4) is 0 Å². The summed E-state index contributed by atoms with van der Waals surface area (Å²) in [6, 6.07) is 16.2. The molecule has 0 fully saturated rings. The van der Waals surface area contributed by atoms with Crippen molar-refractivity contribution in [1.82, 2.24) is 9.97 Å². The molecule has 0 aliphatic heterocycles. The van der Waals surface area contributed by atoms with E-state index in [1.807, 2.05) is 30.3 Å². The lowest BCUT2D eigenvalue weighted by Crippen LogP contribution is -2.09. The van der Waals surface area contributed by atoms with E-state index >= 15 is 4.39 Å². The van der Waals surface area contributed by atoms with Gasteiger partial charge < -0.3 is 20.2 Å². The molecule has 7 heteroatoms. The summed E-state index contributed by atoms with van der Waals surface area (Å²) in [5.74, 6) is -0.0748. The minimum absolute atomic E-state index is 0.119. The lowest BCUT2D eigenvalue weighted by atomic mass is 9.99. The number of nitrogens with one attached hydrogen (secondary N) is 1. The van der Waals surface area contributed by atoms with Crippen molar-refractivity contribution in [3.63, 3.8) is 0 Å². The Morgan fingerprint density at radius 1 is 1.09 bits per heavy atom. The van der Waals surface area contributed by atoms with Crippen LogP contribution >= 0.6 is 0 Å². The van der Waals surface area contributed by atoms with Crippen molar-refractivity contribution in [3.8, 4) is 16.9 Å². The Kier molecular flexibility index (Phi) is 6.47. The number of benzene rings is 2. The zero-order chi connectivity index (χ0) is 22.5. The van der Waals surface area contributed by atoms with Gasteiger partial charge in [0.1, 0.15) is 23.8 Å². The van der Waals surface area contributed by atoms with E-state index in [1.165, 1.54) is 0 Å². The minimum atomic E-state index is -0.338. The molecule has 0 amide bonds. The summed E-state index contributed by atoms with van der Waals surface area (Å²) >= 11 is 0. The number of halogens is 1. The number of aromatic amines is 1. The number of H-pyrrole nitrogens is 1. The second-order valence-corrected chi connectivity index (χ2v) is 7.26. The zero-order valence-electron chi connectivity index (χ0n) is 17.7. The number of para-hydroxylation sites is 1. The van der Waals surface area contributed by atoms with Crippen molar-refractivity contribution in [3.05, 3.63) is 83.4 Å². The topological polar surface area (TPSA) is 90.2 Å². The van der Waals surface area contributed by atoms with Gasteiger partial charge in [-0.05, 0) is 30.7 Å². The van der Waals surface area contributed by atoms with Crippen molar-refractivity contribution < 1.29 is 18.7 Å². The molecule has 4 rings (SSSR count). The third-order valence-electron chi connectivity index (χ3n) is 5.16. The maximum atomic E-state index is 15.0. The molecule has 0 atom stereocenters. The number of ether oxygens (including phenoxy) is 2. The molecule has 2 heterocycles. The van der Waals surface area contributed by atoms with Gasteiger partial charge in [0, 0.05) is 34.8 Å². The third kappa shape index (κ3) is 4.48. The van der Waals surface area contributed by atoms with Crippen LogP contribution in [-0.2, 0) is 29.1 Å². The molecule has 0 saturated carbocycles. The smallest absolute Gasteiger partial charge is 0.310 e. The Morgan fingerprint density at radius 2 is 1.91 bits per heavy atom. The van der Waals surface area contributed by atoms with Gasteiger partial charge in [-0.15, -0.1) is 0 Å². The van der Waals surface area contributed by atoms with Gasteiger partial charge in [-0.25, -0.2) is 9.37 Å². The number of carbonyl (C=O) groups excluding carboxylic acids is 1. The molecule has 0 radical (unpaired) electrons. The van der Waals surface area contributed by atoms with Crippen LogP contribution in [0.25, 0.3) is 22.2 Å². The van der Waals surface area contributed by atoms with E-state index in [2.05, 4.69) is 9.97 Å². The van der Waals surface area contributed by atoms with Crippen LogP contribution in [0.15, 0.2) is 60.8 Å². The molecule has 0 saturated heterocycles. The van der Waals surface area contributed by atoms with Crippen molar-refractivity contribution in [2.45, 2.75) is 26.5 Å². The highest BCUT2D eigenvalue weighted by atomic mass is 19.1. The standard InChI is InChI=1S/C25H24FN3O3/c1-2-31-23(30)12-16-6-3-4-9-22(16)32-15-18-13-21(20-10-11-28-25(20)29-18)19-8-5-7-17(14-27)24(19)26/h3-11,13H,2,12,14-15,27H2,1H3,(H,28,29). The molecule has 6 nitrogen and oxygen atoms in total. The van der Waals surface area contributed by atoms with Gasteiger partial charge in [0.2, 0.25) is 0 Å². The summed E-state index contributed by atoms with van der Waals surface area (Å²) in [5.41, 5.74) is 9.30. The summed E-state index contributed by atoms with van der Waals surface area (Å²) in [7, 11) is 0. The van der Waals surface area contributed by atoms with E-state index in [9.17, 15) is 4.79 Å². The Morgan fingerprint density at radius 3 is 2.72 bits per heavy atom. The SMILES string of the molecule is CCOC(=O)Cc1ccccc1OCc1cc(-c2cccc(CN)c2F)c2cc[nH]c2n1. The fourth-order valence-corrected chi connectivity index (χ4v) is 3.64. The van der Waals surface area contributed by atoms with Crippen LogP contribution in [0, 0.1) is 5.82 Å². The highest BCUT2D eigenvalue weighted by molar-refractivity contribution is 5.93. The van der Waals surface area contributed by atoms with Crippen LogP contribution in [0.4, 0.5) is 4.39 Å². The number of aromatic nitrogens is 2. The highest BCUT2D eigenvalue weighted by Gasteiger charge is 2.16. The van der Waals surface area contributed by atoms with Crippen LogP contribution in [-0.4, -0.2) is 22.5 Å². The Balaban J connectivity index is 1.65. The quantitative estimate of drug-likeness (QED) is 0.399. The molecule has 164 valence electrons. The van der Waals surface area contributed by atoms with Gasteiger partial charge in [-0.3, -0.25) is 4.79 Å². The first-order chi connectivity index (χ1) is 15.6. The molecule has 0 spiro atoms. The molecule has 2 aromatic heterocycles. The Hall–Kier alpha value is -3.71. The van der Waals surface area contributed by atoms with Gasteiger partial charge in [0.05, 0.1) is 18.7 Å². The van der Waals surface area contributed by atoms with Crippen LogP contribution < -0.4 is 10.5 Å². The summed E-state index contributed by atoms with van der Waals surface area (Å²) in [6.45, 7) is 2.37. The normalized spacial score (nSPS) is 11.0. The van der Waals surface area contributed by atoms with Gasteiger partial charge in [-0.2, -0.15) is 0 Å². The molecule has 4 aromatic rings. The number of hydrogen-bond acceptors (Lipinski definition) is 5. The maximum absolute atomic E-state index is 15.0. The van der Waals surface area contributed by atoms with Crippen LogP contribution in [0.5, 0.6) is 5.75 Å². The second kappa shape index (κ2) is 9.62. The Bertz CT molecular complexity index is 1250. The lowest BCUT2D eigenvalue weighted by Gasteiger charge is -2.13. The molecule has 0 bridgehead atoms. The first-order valence-corrected chi connectivity index (χ1v) is 10.4. The van der Waals surface area contributed by atoms with E-state index in [-0.39, 0.29) is 31.4 Å². The number of pyridine rings is 1. The number of nitrogens with zero attached hydrogens (tertiary/aromatic N) is 1. The molecule has 32 heavy (non-hydrogen) atoms. The first-order valence-electron chi connectivity index (χ1n) is 10.4. The molecular formula is C25H24FN3O3. The van der Waals surface area contributed by atoms with Gasteiger partial charge in [0.25, 0.3) is 0 Å². The maximum Gasteiger partial charge on any atom is 0.310 e. The molecule has 3 N–H and O–H groups in total. The number of hydrogen-bond donors (Lipinski definition) is 2. The largest absolute Gasteiger partial charge is 0.487 e. The van der Waals surface area contributed by atoms with Gasteiger partial charge in [-0.1, -0.05) is 36.4 Å². The first kappa shape index (κ1) is 21.5. The van der Waals surface area contributed by atoms with Crippen molar-refractivity contribution in [2.75, 3.05) is 6.61 Å². The second-order valence-electron chi connectivity index (χ2n) is 7.26. The van der Waals surface area contributed by atoms with E-state index in [0.29, 0.717) is 40.4 Å². The molecule has 0 aliphatic carbocycles. The van der Waals surface area contributed by atoms with Crippen molar-refractivity contribution >= 4 is 17.0 Å². The predicted molar refractivity (Wildman–Crippen MR) is 120 cm³/mol. The number of esters is 1. The van der Waals surface area contributed by atoms with Crippen molar-refractivity contribution in [2.24, 2.45) is 5.73 Å². The molecular weight excluding hydrogens is 409 g/mol. The van der Waals surface area contributed by atoms with Crippen molar-refractivity contribution in [1.29, 1.82) is 0 Å². The zero-order valence-corrected chi connectivity index (χ0v) is 17.7. The fraction of sp³-hybridized carbons (Fsp3) is 0.200. The number of nitrogens with two attached hydrogens (primary N) is 1. The number of fused-ring (bicyclic) bond motifs is 1. The summed E-state index contributed by atoms with van der Waals surface area (Å²) in [6.07, 6.45) is 1.89. The summed E-state index contributed by atoms with van der Waals surface area (Å²) in [5, 5.41) is 0.810. The molecule has 0 unspecified atom stereocenters. The third-order valence-corrected chi connectivity index (χ3v) is 5.16. The summed E-state index contributed by atoms with van der Waals surface area (Å²) in [4.78, 5) is 19.6. The number of rotatable bonds is 8. The molecule has 0 aliphatic rings. The fourth-order valence-electron chi connectivity index (χ4n) is 3.64. The monoisotopic (exact) mass is 433 g/mol. The lowest BCUT2D eigenvalue weighted by molar-refractivity contribution is -0.142. The van der Waals surface area contributed by atoms with E-state index in [1.54, 1.807) is 37.4 Å². The van der Waals surface area contributed by atoms with Crippen LogP contribution in [0.2, 0.25) is 0 Å². The molecule has 2 aromatic carbocycles. The van der Waals surface area contributed by atoms with Gasteiger partial charge in [0.15, 0.2) is 0 Å². The van der Waals surface area contributed by atoms with E-state index in [4.69, 9.17) is 15.2 Å². The average Bonchev–Trinajstić information content (AvgIpc) is 3.27. The highest BCUT2D eigenvalue weighted by Crippen LogP contribution is 2.32. The predicted octanol–water partition coefficient (Wildman–Crippen LogP) is 4.51.